The summed E-state index contributed by atoms with van der Waals surface area (Å²) < 4.78 is 4.78. The van der Waals surface area contributed by atoms with Gasteiger partial charge in [-0.2, -0.15) is 0 Å². The second-order valence-electron chi connectivity index (χ2n) is 5.44. The van der Waals surface area contributed by atoms with Gasteiger partial charge in [-0.1, -0.05) is 24.3 Å². The first-order valence-electron chi connectivity index (χ1n) is 7.35. The highest BCUT2D eigenvalue weighted by molar-refractivity contribution is 6.22. The zero-order chi connectivity index (χ0) is 17.3. The molecular weight excluding hydrogens is 310 g/mol. The van der Waals surface area contributed by atoms with Gasteiger partial charge in [0.05, 0.1) is 18.2 Å². The first-order valence-corrected chi connectivity index (χ1v) is 7.35. The predicted molar refractivity (Wildman–Crippen MR) is 84.6 cm³/mol. The number of methoxy groups -OCH3 is 1. The van der Waals surface area contributed by atoms with E-state index in [-0.39, 0.29) is 23.3 Å². The van der Waals surface area contributed by atoms with Crippen LogP contribution in [0.25, 0.3) is 0 Å². The second kappa shape index (κ2) is 6.16. The van der Waals surface area contributed by atoms with Gasteiger partial charge in [0.2, 0.25) is 0 Å². The number of rotatable bonds is 4. The highest BCUT2D eigenvalue weighted by Gasteiger charge is 2.43. The van der Waals surface area contributed by atoms with E-state index in [4.69, 9.17) is 4.74 Å². The average Bonchev–Trinajstić information content (AvgIpc) is 2.85. The van der Waals surface area contributed by atoms with Crippen molar-refractivity contribution in [3.05, 3.63) is 65.2 Å². The Morgan fingerprint density at radius 2 is 1.58 bits per heavy atom. The number of phenols is 1. The normalized spacial score (nSPS) is 14.5. The molecule has 6 heteroatoms. The summed E-state index contributed by atoms with van der Waals surface area (Å²) in [4.78, 5) is 38.3. The maximum absolute atomic E-state index is 12.6. The molecule has 1 aliphatic heterocycles. The molecule has 0 spiro atoms. The minimum absolute atomic E-state index is 0.0918. The van der Waals surface area contributed by atoms with Crippen molar-refractivity contribution in [2.24, 2.45) is 0 Å². The van der Waals surface area contributed by atoms with Gasteiger partial charge in [-0.05, 0) is 29.8 Å². The van der Waals surface area contributed by atoms with Crippen molar-refractivity contribution in [1.29, 1.82) is 0 Å². The molecule has 2 amide bonds. The number of ether oxygens (including phenoxy) is 1. The Labute approximate surface area is 138 Å². The van der Waals surface area contributed by atoms with Crippen LogP contribution in [0.3, 0.4) is 0 Å². The molecule has 0 fully saturated rings. The fourth-order valence-corrected chi connectivity index (χ4v) is 2.76. The lowest BCUT2D eigenvalue weighted by molar-refractivity contribution is -0.145. The van der Waals surface area contributed by atoms with Crippen LogP contribution in [0.1, 0.15) is 26.3 Å². The fraction of sp³-hybridized carbons (Fsp3) is 0.167. The van der Waals surface area contributed by atoms with Crippen molar-refractivity contribution in [2.45, 2.75) is 12.5 Å². The SMILES string of the molecule is COC(=O)[C@@H](Cc1ccc(O)cc1)N1C(=O)c2ccccc2C1=O. The van der Waals surface area contributed by atoms with Gasteiger partial charge in [-0.3, -0.25) is 14.5 Å². The third kappa shape index (κ3) is 2.62. The van der Waals surface area contributed by atoms with Crippen LogP contribution in [0.5, 0.6) is 5.75 Å². The molecule has 0 radical (unpaired) electrons. The molecule has 2 aromatic rings. The summed E-state index contributed by atoms with van der Waals surface area (Å²) in [7, 11) is 1.21. The average molecular weight is 325 g/mol. The van der Waals surface area contributed by atoms with Crippen LogP contribution in [0, 0.1) is 0 Å². The number of imide groups is 1. The Balaban J connectivity index is 1.95. The van der Waals surface area contributed by atoms with Crippen molar-refractivity contribution >= 4 is 17.8 Å². The zero-order valence-corrected chi connectivity index (χ0v) is 12.9. The van der Waals surface area contributed by atoms with Gasteiger partial charge in [0, 0.05) is 6.42 Å². The predicted octanol–water partition coefficient (Wildman–Crippen LogP) is 1.77. The number of phenolic OH excluding ortho intramolecular Hbond substituents is 1. The quantitative estimate of drug-likeness (QED) is 0.684. The summed E-state index contributed by atoms with van der Waals surface area (Å²) in [6.45, 7) is 0. The molecule has 3 rings (SSSR count). The molecule has 2 aromatic carbocycles. The molecule has 1 aliphatic rings. The molecule has 0 aliphatic carbocycles. The van der Waals surface area contributed by atoms with Crippen molar-refractivity contribution in [1.82, 2.24) is 4.90 Å². The molecule has 1 N–H and O–H groups in total. The number of hydrogen-bond donors (Lipinski definition) is 1. The topological polar surface area (TPSA) is 83.9 Å². The molecule has 1 atom stereocenters. The fourth-order valence-electron chi connectivity index (χ4n) is 2.76. The second-order valence-corrected chi connectivity index (χ2v) is 5.44. The van der Waals surface area contributed by atoms with Gasteiger partial charge >= 0.3 is 5.97 Å². The lowest BCUT2D eigenvalue weighted by Crippen LogP contribution is -2.46. The number of benzene rings is 2. The van der Waals surface area contributed by atoms with E-state index >= 15 is 0 Å². The van der Waals surface area contributed by atoms with Gasteiger partial charge in [-0.25, -0.2) is 4.79 Å². The summed E-state index contributed by atoms with van der Waals surface area (Å²) in [5.41, 5.74) is 1.25. The number of hydrogen-bond acceptors (Lipinski definition) is 5. The van der Waals surface area contributed by atoms with Gasteiger partial charge in [-0.15, -0.1) is 0 Å². The van der Waals surface area contributed by atoms with Crippen molar-refractivity contribution in [3.63, 3.8) is 0 Å². The van der Waals surface area contributed by atoms with E-state index in [1.807, 2.05) is 0 Å². The number of nitrogens with zero attached hydrogens (tertiary/aromatic N) is 1. The third-order valence-corrected chi connectivity index (χ3v) is 3.98. The van der Waals surface area contributed by atoms with E-state index in [2.05, 4.69) is 0 Å². The van der Waals surface area contributed by atoms with Crippen LogP contribution in [-0.2, 0) is 16.0 Å². The largest absolute Gasteiger partial charge is 0.508 e. The van der Waals surface area contributed by atoms with Gasteiger partial charge < -0.3 is 9.84 Å². The molecule has 0 unspecified atom stereocenters. The van der Waals surface area contributed by atoms with Crippen molar-refractivity contribution in [2.75, 3.05) is 7.11 Å². The number of esters is 1. The summed E-state index contributed by atoms with van der Waals surface area (Å²) in [6, 6.07) is 11.6. The smallest absolute Gasteiger partial charge is 0.329 e. The number of carbonyl (C=O) groups excluding carboxylic acids is 3. The highest BCUT2D eigenvalue weighted by Crippen LogP contribution is 2.26. The Kier molecular flexibility index (Phi) is 4.04. The molecule has 0 saturated heterocycles. The zero-order valence-electron chi connectivity index (χ0n) is 12.9. The van der Waals surface area contributed by atoms with Gasteiger partial charge in [0.15, 0.2) is 0 Å². The lowest BCUT2D eigenvalue weighted by atomic mass is 10.0. The number of carbonyl (C=O) groups is 3. The lowest BCUT2D eigenvalue weighted by Gasteiger charge is -2.24. The van der Waals surface area contributed by atoms with E-state index in [0.29, 0.717) is 5.56 Å². The van der Waals surface area contributed by atoms with Gasteiger partial charge in [0.25, 0.3) is 11.8 Å². The van der Waals surface area contributed by atoms with Crippen LogP contribution in [0.2, 0.25) is 0 Å². The summed E-state index contributed by atoms with van der Waals surface area (Å²) >= 11 is 0. The molecule has 6 nitrogen and oxygen atoms in total. The Morgan fingerprint density at radius 3 is 2.08 bits per heavy atom. The van der Waals surface area contributed by atoms with Crippen LogP contribution in [0.4, 0.5) is 0 Å². The molecule has 24 heavy (non-hydrogen) atoms. The first-order chi connectivity index (χ1) is 11.5. The summed E-state index contributed by atoms with van der Waals surface area (Å²) in [5, 5.41) is 9.35. The Hall–Kier alpha value is -3.15. The maximum atomic E-state index is 12.6. The van der Waals surface area contributed by atoms with E-state index < -0.39 is 23.8 Å². The standard InChI is InChI=1S/C18H15NO5/c1-24-18(23)15(10-11-6-8-12(20)9-7-11)19-16(21)13-4-2-3-5-14(13)17(19)22/h2-9,15,20H,10H2,1H3/t15-/m1/s1. The monoisotopic (exact) mass is 325 g/mol. The number of amides is 2. The van der Waals surface area contributed by atoms with E-state index in [1.165, 1.54) is 19.2 Å². The van der Waals surface area contributed by atoms with E-state index in [9.17, 15) is 19.5 Å². The molecule has 0 aromatic heterocycles. The van der Waals surface area contributed by atoms with Crippen LogP contribution in [0.15, 0.2) is 48.5 Å². The van der Waals surface area contributed by atoms with Crippen LogP contribution in [-0.4, -0.2) is 40.9 Å². The molecule has 0 saturated carbocycles. The molecule has 122 valence electrons. The third-order valence-electron chi connectivity index (χ3n) is 3.98. The van der Waals surface area contributed by atoms with Crippen LogP contribution >= 0.6 is 0 Å². The molecular formula is C18H15NO5. The molecule has 0 bridgehead atoms. The Bertz CT molecular complexity index is 777. The molecule has 1 heterocycles. The minimum atomic E-state index is -1.06. The van der Waals surface area contributed by atoms with Gasteiger partial charge in [0.1, 0.15) is 11.8 Å². The Morgan fingerprint density at radius 1 is 1.04 bits per heavy atom. The first kappa shape index (κ1) is 15.7. The van der Waals surface area contributed by atoms with Crippen molar-refractivity contribution in [3.8, 4) is 5.75 Å². The van der Waals surface area contributed by atoms with Crippen molar-refractivity contribution < 1.29 is 24.2 Å². The highest BCUT2D eigenvalue weighted by atomic mass is 16.5. The van der Waals surface area contributed by atoms with E-state index in [0.717, 1.165) is 4.90 Å². The number of aromatic hydroxyl groups is 1. The minimum Gasteiger partial charge on any atom is -0.508 e. The maximum Gasteiger partial charge on any atom is 0.329 e. The van der Waals surface area contributed by atoms with E-state index in [1.54, 1.807) is 36.4 Å². The number of fused-ring (bicyclic) bond motifs is 1. The van der Waals surface area contributed by atoms with Crippen LogP contribution < -0.4 is 0 Å². The summed E-state index contributed by atoms with van der Waals surface area (Å²) in [6.07, 6.45) is 0.110. The summed E-state index contributed by atoms with van der Waals surface area (Å²) in [5.74, 6) is -1.60.